The molecule has 3 unspecified atom stereocenters. The second kappa shape index (κ2) is 4.76. The molecule has 0 saturated carbocycles. The molecule has 1 aliphatic heterocycles. The number of hydrogen-bond donors (Lipinski definition) is 1. The maximum absolute atomic E-state index is 5.73. The van der Waals surface area contributed by atoms with Crippen LogP contribution < -0.4 is 0 Å². The fourth-order valence-electron chi connectivity index (χ4n) is 1.85. The topological polar surface area (TPSA) is 60.0 Å². The van der Waals surface area contributed by atoms with Crippen molar-refractivity contribution in [3.8, 4) is 0 Å². The smallest absolute Gasteiger partial charge is 0.109 e. The highest BCUT2D eigenvalue weighted by atomic mass is 16.6. The van der Waals surface area contributed by atoms with Crippen LogP contribution in [0, 0.1) is 0 Å². The molecule has 0 spiro atoms. The van der Waals surface area contributed by atoms with Crippen molar-refractivity contribution >= 4 is 7.85 Å². The maximum Gasteiger partial charge on any atom is 0.109 e. The number of nitrogens with one attached hydrogen (secondary N) is 1. The third kappa shape index (κ3) is 2.57. The first-order chi connectivity index (χ1) is 7.29. The second-order valence-electron chi connectivity index (χ2n) is 3.61. The Hall–Kier alpha value is -0.875. The number of nitrogens with zero attached hydrogens (tertiary/aromatic N) is 2. The van der Waals surface area contributed by atoms with Crippen LogP contribution in [0.2, 0.25) is 0 Å². The number of H-pyrrole nitrogens is 1. The zero-order valence-corrected chi connectivity index (χ0v) is 8.72. The standard InChI is InChI=1S/C9H14BN3O2/c1-2-14-7-4-9(10)15-8(7)3-6-5-11-13-12-6/h5,7-9H,2-4H2,1H3,(H,11,12,13). The minimum absolute atomic E-state index is 0.00921. The predicted molar refractivity (Wildman–Crippen MR) is 54.5 cm³/mol. The van der Waals surface area contributed by atoms with Gasteiger partial charge in [0.25, 0.3) is 0 Å². The summed E-state index contributed by atoms with van der Waals surface area (Å²) in [4.78, 5) is 0. The largest absolute Gasteiger partial charge is 0.382 e. The summed E-state index contributed by atoms with van der Waals surface area (Å²) >= 11 is 0. The lowest BCUT2D eigenvalue weighted by Crippen LogP contribution is -2.26. The Kier molecular flexibility index (Phi) is 3.38. The van der Waals surface area contributed by atoms with E-state index in [1.54, 1.807) is 6.20 Å². The van der Waals surface area contributed by atoms with E-state index in [0.717, 1.165) is 12.1 Å². The van der Waals surface area contributed by atoms with Crippen molar-refractivity contribution in [1.29, 1.82) is 0 Å². The van der Waals surface area contributed by atoms with Crippen LogP contribution in [0.1, 0.15) is 19.0 Å². The highest BCUT2D eigenvalue weighted by Crippen LogP contribution is 2.23. The summed E-state index contributed by atoms with van der Waals surface area (Å²) in [6.07, 6.45) is 3.19. The predicted octanol–water partition coefficient (Wildman–Crippen LogP) is 0.0358. The molecule has 2 heterocycles. The highest BCUT2D eigenvalue weighted by molar-refractivity contribution is 6.11. The van der Waals surface area contributed by atoms with Crippen LogP contribution in [0.4, 0.5) is 0 Å². The van der Waals surface area contributed by atoms with E-state index >= 15 is 0 Å². The maximum atomic E-state index is 5.73. The van der Waals surface area contributed by atoms with Crippen LogP contribution in [0.15, 0.2) is 6.20 Å². The molecule has 1 saturated heterocycles. The van der Waals surface area contributed by atoms with E-state index in [-0.39, 0.29) is 18.2 Å². The second-order valence-corrected chi connectivity index (χ2v) is 3.61. The molecule has 2 radical (unpaired) electrons. The summed E-state index contributed by atoms with van der Waals surface area (Å²) in [6.45, 7) is 2.65. The lowest BCUT2D eigenvalue weighted by atomic mass is 9.95. The van der Waals surface area contributed by atoms with Crippen LogP contribution in [0.5, 0.6) is 0 Å². The van der Waals surface area contributed by atoms with E-state index < -0.39 is 0 Å². The molecular weight excluding hydrogens is 193 g/mol. The summed E-state index contributed by atoms with van der Waals surface area (Å²) in [5.74, 6) is 0. The molecule has 1 aromatic rings. The first kappa shape index (κ1) is 10.6. The molecule has 5 nitrogen and oxygen atoms in total. The van der Waals surface area contributed by atoms with Gasteiger partial charge in [-0.05, 0) is 13.3 Å². The Morgan fingerprint density at radius 3 is 3.27 bits per heavy atom. The van der Waals surface area contributed by atoms with Crippen molar-refractivity contribution in [3.63, 3.8) is 0 Å². The van der Waals surface area contributed by atoms with Gasteiger partial charge < -0.3 is 9.47 Å². The summed E-state index contributed by atoms with van der Waals surface area (Å²) in [7, 11) is 5.73. The third-order valence-electron chi connectivity index (χ3n) is 2.48. The van der Waals surface area contributed by atoms with Crippen LogP contribution in [0.25, 0.3) is 0 Å². The van der Waals surface area contributed by atoms with E-state index in [0.29, 0.717) is 13.0 Å². The van der Waals surface area contributed by atoms with Gasteiger partial charge in [-0.2, -0.15) is 15.4 Å². The number of hydrogen-bond acceptors (Lipinski definition) is 4. The molecule has 0 aromatic carbocycles. The summed E-state index contributed by atoms with van der Waals surface area (Å²) in [6, 6.07) is -0.224. The molecule has 0 amide bonds. The molecule has 1 aliphatic rings. The lowest BCUT2D eigenvalue weighted by molar-refractivity contribution is -0.00792. The van der Waals surface area contributed by atoms with E-state index in [9.17, 15) is 0 Å². The van der Waals surface area contributed by atoms with Gasteiger partial charge in [-0.3, -0.25) is 0 Å². The Morgan fingerprint density at radius 2 is 2.60 bits per heavy atom. The first-order valence-electron chi connectivity index (χ1n) is 5.17. The average Bonchev–Trinajstić information content (AvgIpc) is 2.78. The van der Waals surface area contributed by atoms with Gasteiger partial charge in [0, 0.05) is 19.0 Å². The Morgan fingerprint density at radius 1 is 1.73 bits per heavy atom. The van der Waals surface area contributed by atoms with Gasteiger partial charge in [0.15, 0.2) is 0 Å². The van der Waals surface area contributed by atoms with Crippen LogP contribution in [-0.2, 0) is 15.9 Å². The molecule has 1 fully saturated rings. The molecule has 3 atom stereocenters. The van der Waals surface area contributed by atoms with Gasteiger partial charge in [0.05, 0.1) is 24.1 Å². The number of aromatic amines is 1. The van der Waals surface area contributed by atoms with Crippen LogP contribution in [0.3, 0.4) is 0 Å². The van der Waals surface area contributed by atoms with E-state index in [4.69, 9.17) is 17.3 Å². The fraction of sp³-hybridized carbons (Fsp3) is 0.778. The van der Waals surface area contributed by atoms with Crippen LogP contribution >= 0.6 is 0 Å². The van der Waals surface area contributed by atoms with Gasteiger partial charge in [-0.25, -0.2) is 0 Å². The van der Waals surface area contributed by atoms with Crippen LogP contribution in [-0.4, -0.2) is 48.1 Å². The van der Waals surface area contributed by atoms with E-state index in [1.165, 1.54) is 0 Å². The van der Waals surface area contributed by atoms with Gasteiger partial charge in [0.1, 0.15) is 7.85 Å². The molecule has 6 heteroatoms. The zero-order chi connectivity index (χ0) is 10.7. The molecule has 80 valence electrons. The average molecular weight is 207 g/mol. The highest BCUT2D eigenvalue weighted by Gasteiger charge is 2.33. The quantitative estimate of drug-likeness (QED) is 0.708. The fourth-order valence-corrected chi connectivity index (χ4v) is 1.85. The van der Waals surface area contributed by atoms with Crippen molar-refractivity contribution in [2.45, 2.75) is 38.0 Å². The number of ether oxygens (including phenoxy) is 2. The summed E-state index contributed by atoms with van der Waals surface area (Å²) in [5.41, 5.74) is 0.874. The molecule has 1 N–H and O–H groups in total. The minimum atomic E-state index is -0.224. The summed E-state index contributed by atoms with van der Waals surface area (Å²) in [5, 5.41) is 10.3. The third-order valence-corrected chi connectivity index (χ3v) is 2.48. The molecule has 0 bridgehead atoms. The van der Waals surface area contributed by atoms with E-state index in [1.807, 2.05) is 6.92 Å². The minimum Gasteiger partial charge on any atom is -0.382 e. The molecule has 0 aliphatic carbocycles. The van der Waals surface area contributed by atoms with E-state index in [2.05, 4.69) is 15.4 Å². The van der Waals surface area contributed by atoms with Gasteiger partial charge >= 0.3 is 0 Å². The van der Waals surface area contributed by atoms with Gasteiger partial charge in [0.2, 0.25) is 0 Å². The zero-order valence-electron chi connectivity index (χ0n) is 8.72. The van der Waals surface area contributed by atoms with Crippen molar-refractivity contribution in [2.24, 2.45) is 0 Å². The normalized spacial score (nSPS) is 30.9. The number of rotatable bonds is 4. The molecular formula is C9H14BN3O2. The Labute approximate surface area is 89.9 Å². The first-order valence-corrected chi connectivity index (χ1v) is 5.17. The monoisotopic (exact) mass is 207 g/mol. The van der Waals surface area contributed by atoms with Crippen molar-refractivity contribution in [1.82, 2.24) is 15.4 Å². The van der Waals surface area contributed by atoms with Crippen molar-refractivity contribution < 1.29 is 9.47 Å². The van der Waals surface area contributed by atoms with Crippen molar-refractivity contribution in [3.05, 3.63) is 11.9 Å². The Balaban J connectivity index is 1.94. The molecule has 15 heavy (non-hydrogen) atoms. The SMILES string of the molecule is [B]C1CC(OCC)C(Cc2cn[nH]n2)O1. The Bertz CT molecular complexity index is 294. The molecule has 2 rings (SSSR count). The van der Waals surface area contributed by atoms with Gasteiger partial charge in [-0.15, -0.1) is 0 Å². The summed E-state index contributed by atoms with van der Waals surface area (Å²) < 4.78 is 11.1. The molecule has 1 aromatic heterocycles. The lowest BCUT2D eigenvalue weighted by Gasteiger charge is -2.17. The van der Waals surface area contributed by atoms with Gasteiger partial charge in [-0.1, -0.05) is 0 Å². The number of aromatic nitrogens is 3. The van der Waals surface area contributed by atoms with Crippen molar-refractivity contribution in [2.75, 3.05) is 6.61 Å².